The van der Waals surface area contributed by atoms with E-state index in [0.29, 0.717) is 29.3 Å². The summed E-state index contributed by atoms with van der Waals surface area (Å²) in [6.07, 6.45) is 5.37. The molecule has 0 saturated heterocycles. The van der Waals surface area contributed by atoms with Gasteiger partial charge in [0.15, 0.2) is 17.1 Å². The first-order valence-electron chi connectivity index (χ1n) is 12.3. The van der Waals surface area contributed by atoms with Gasteiger partial charge in [0, 0.05) is 23.7 Å². The van der Waals surface area contributed by atoms with E-state index < -0.39 is 5.54 Å². The van der Waals surface area contributed by atoms with Crippen LogP contribution in [-0.2, 0) is 17.9 Å². The van der Waals surface area contributed by atoms with E-state index >= 15 is 0 Å². The van der Waals surface area contributed by atoms with Crippen LogP contribution >= 0.6 is 0 Å². The summed E-state index contributed by atoms with van der Waals surface area (Å²) in [4.78, 5) is 29.5. The van der Waals surface area contributed by atoms with Crippen LogP contribution in [0.3, 0.4) is 0 Å². The molecule has 1 fully saturated rings. The van der Waals surface area contributed by atoms with E-state index in [1.165, 1.54) is 6.42 Å². The summed E-state index contributed by atoms with van der Waals surface area (Å²) < 4.78 is 18.8. The van der Waals surface area contributed by atoms with Crippen molar-refractivity contribution in [1.82, 2.24) is 14.8 Å². The third-order valence-electron chi connectivity index (χ3n) is 7.48. The molecule has 8 heteroatoms. The van der Waals surface area contributed by atoms with E-state index in [4.69, 9.17) is 13.9 Å². The van der Waals surface area contributed by atoms with Gasteiger partial charge in [-0.25, -0.2) is 0 Å². The number of nitrogens with zero attached hydrogens (tertiary/aromatic N) is 2. The fraction of sp³-hybridized carbons (Fsp3) is 0.481. The van der Waals surface area contributed by atoms with Crippen molar-refractivity contribution in [2.24, 2.45) is 0 Å². The molecule has 186 valence electrons. The van der Waals surface area contributed by atoms with Crippen LogP contribution in [0, 0.1) is 6.92 Å². The summed E-state index contributed by atoms with van der Waals surface area (Å²) in [5.74, 6) is 1.57. The molecule has 0 bridgehead atoms. The molecule has 35 heavy (non-hydrogen) atoms. The van der Waals surface area contributed by atoms with E-state index in [1.54, 1.807) is 25.2 Å². The van der Waals surface area contributed by atoms with E-state index in [0.717, 1.165) is 42.5 Å². The van der Waals surface area contributed by atoms with Crippen LogP contribution in [-0.4, -0.2) is 47.1 Å². The number of hydrogen-bond acceptors (Lipinski definition) is 5. The predicted octanol–water partition coefficient (Wildman–Crippen LogP) is 4.42. The number of ether oxygens (including phenoxy) is 2. The highest BCUT2D eigenvalue weighted by molar-refractivity contribution is 6.03. The lowest BCUT2D eigenvalue weighted by Crippen LogP contribution is -2.64. The molecule has 1 aliphatic heterocycles. The molecule has 3 heterocycles. The summed E-state index contributed by atoms with van der Waals surface area (Å²) in [7, 11) is 3.16. The van der Waals surface area contributed by atoms with Gasteiger partial charge in [0.2, 0.25) is 5.91 Å². The average Bonchev–Trinajstić information content (AvgIpc) is 3.38. The Bertz CT molecular complexity index is 1270. The Labute approximate surface area is 205 Å². The van der Waals surface area contributed by atoms with Crippen LogP contribution in [0.4, 0.5) is 0 Å². The maximum Gasteiger partial charge on any atom is 0.271 e. The molecule has 0 spiro atoms. The smallest absolute Gasteiger partial charge is 0.271 e. The topological polar surface area (TPSA) is 85.9 Å². The third-order valence-corrected chi connectivity index (χ3v) is 7.48. The Kier molecular flexibility index (Phi) is 5.99. The number of rotatable bonds is 6. The molecule has 5 rings (SSSR count). The number of methoxy groups -OCH3 is 2. The maximum absolute atomic E-state index is 14.0. The molecule has 1 aromatic carbocycles. The number of para-hydroxylation sites is 1. The standard InChI is InChI=1S/C27H33N3O5/c1-17-13-20-23(35-17)14-21-25(31)30(15-18-9-8-12-22(33-3)24(18)34-4)27(2,16-29(20)21)26(32)28-19-10-6-5-7-11-19/h8-9,12-14,19H,5-7,10-11,15-16H2,1-4H3,(H,28,32). The predicted molar refractivity (Wildman–Crippen MR) is 132 cm³/mol. The normalized spacial score (nSPS) is 20.7. The summed E-state index contributed by atoms with van der Waals surface area (Å²) in [6.45, 7) is 4.28. The van der Waals surface area contributed by atoms with Gasteiger partial charge in [0.05, 0.1) is 32.8 Å². The highest BCUT2D eigenvalue weighted by Gasteiger charge is 2.48. The zero-order valence-electron chi connectivity index (χ0n) is 20.8. The minimum atomic E-state index is -1.10. The lowest BCUT2D eigenvalue weighted by Gasteiger charge is -2.45. The summed E-state index contributed by atoms with van der Waals surface area (Å²) in [5, 5.41) is 3.27. The molecule has 1 saturated carbocycles. The Hall–Kier alpha value is -3.42. The Morgan fingerprint density at radius 1 is 1.17 bits per heavy atom. The Morgan fingerprint density at radius 2 is 1.94 bits per heavy atom. The number of nitrogens with one attached hydrogen (secondary N) is 1. The monoisotopic (exact) mass is 479 g/mol. The zero-order valence-corrected chi connectivity index (χ0v) is 20.8. The first-order chi connectivity index (χ1) is 16.9. The van der Waals surface area contributed by atoms with Crippen LogP contribution in [0.25, 0.3) is 11.1 Å². The maximum atomic E-state index is 14.0. The summed E-state index contributed by atoms with van der Waals surface area (Å²) in [6, 6.07) is 9.42. The quantitative estimate of drug-likeness (QED) is 0.566. The Balaban J connectivity index is 1.57. The van der Waals surface area contributed by atoms with Crippen molar-refractivity contribution in [2.45, 2.75) is 70.6 Å². The number of aromatic nitrogens is 1. The van der Waals surface area contributed by atoms with Crippen molar-refractivity contribution in [1.29, 1.82) is 0 Å². The van der Waals surface area contributed by atoms with Gasteiger partial charge in [-0.2, -0.15) is 0 Å². The van der Waals surface area contributed by atoms with Crippen molar-refractivity contribution >= 4 is 22.9 Å². The van der Waals surface area contributed by atoms with Crippen LogP contribution < -0.4 is 14.8 Å². The van der Waals surface area contributed by atoms with Crippen molar-refractivity contribution in [3.8, 4) is 11.5 Å². The lowest BCUT2D eigenvalue weighted by molar-refractivity contribution is -0.134. The largest absolute Gasteiger partial charge is 0.493 e. The second-order valence-electron chi connectivity index (χ2n) is 9.85. The fourth-order valence-corrected chi connectivity index (χ4v) is 5.55. The molecule has 1 N–H and O–H groups in total. The highest BCUT2D eigenvalue weighted by Crippen LogP contribution is 2.38. The molecule has 8 nitrogen and oxygen atoms in total. The van der Waals surface area contributed by atoms with E-state index in [-0.39, 0.29) is 24.4 Å². The number of fused-ring (bicyclic) bond motifs is 3. The van der Waals surface area contributed by atoms with Crippen molar-refractivity contribution in [3.63, 3.8) is 0 Å². The van der Waals surface area contributed by atoms with Gasteiger partial charge in [0.1, 0.15) is 17.0 Å². The van der Waals surface area contributed by atoms with Gasteiger partial charge < -0.3 is 28.7 Å². The van der Waals surface area contributed by atoms with Crippen LogP contribution in [0.2, 0.25) is 0 Å². The summed E-state index contributed by atoms with van der Waals surface area (Å²) >= 11 is 0. The van der Waals surface area contributed by atoms with Crippen molar-refractivity contribution < 1.29 is 23.5 Å². The third kappa shape index (κ3) is 3.94. The number of furan rings is 1. The lowest BCUT2D eigenvalue weighted by atomic mass is 9.91. The molecule has 2 aliphatic rings. The molecule has 1 atom stereocenters. The number of carbonyl (C=O) groups is 2. The minimum Gasteiger partial charge on any atom is -0.493 e. The Morgan fingerprint density at radius 3 is 2.66 bits per heavy atom. The van der Waals surface area contributed by atoms with Gasteiger partial charge in [0.25, 0.3) is 5.91 Å². The molecule has 3 aromatic rings. The second kappa shape index (κ2) is 8.98. The van der Waals surface area contributed by atoms with E-state index in [2.05, 4.69) is 5.32 Å². The van der Waals surface area contributed by atoms with Gasteiger partial charge in [-0.1, -0.05) is 31.4 Å². The van der Waals surface area contributed by atoms with E-state index in [1.807, 2.05) is 42.7 Å². The van der Waals surface area contributed by atoms with Crippen molar-refractivity contribution in [2.75, 3.05) is 14.2 Å². The number of benzene rings is 1. The van der Waals surface area contributed by atoms with Crippen LogP contribution in [0.1, 0.15) is 60.8 Å². The fourth-order valence-electron chi connectivity index (χ4n) is 5.55. The van der Waals surface area contributed by atoms with Crippen LogP contribution in [0.15, 0.2) is 34.7 Å². The van der Waals surface area contributed by atoms with Gasteiger partial charge in [-0.05, 0) is 32.8 Å². The molecule has 2 amide bonds. The molecule has 0 radical (unpaired) electrons. The first kappa shape index (κ1) is 23.3. The molecule has 2 aromatic heterocycles. The zero-order chi connectivity index (χ0) is 24.7. The first-order valence-corrected chi connectivity index (χ1v) is 12.3. The minimum absolute atomic E-state index is 0.132. The molecular formula is C27H33N3O5. The second-order valence-corrected chi connectivity index (χ2v) is 9.85. The highest BCUT2D eigenvalue weighted by atomic mass is 16.5. The number of carbonyl (C=O) groups excluding carboxylic acids is 2. The van der Waals surface area contributed by atoms with Crippen molar-refractivity contribution in [3.05, 3.63) is 47.3 Å². The average molecular weight is 480 g/mol. The SMILES string of the molecule is COc1cccc(CN2C(=O)c3cc4oc(C)cc4n3CC2(C)C(=O)NC2CCCCC2)c1OC. The van der Waals surface area contributed by atoms with Gasteiger partial charge in [-0.3, -0.25) is 9.59 Å². The number of aryl methyl sites for hydroxylation is 1. The van der Waals surface area contributed by atoms with E-state index in [9.17, 15) is 9.59 Å². The van der Waals surface area contributed by atoms with Crippen LogP contribution in [0.5, 0.6) is 11.5 Å². The number of hydrogen-bond donors (Lipinski definition) is 1. The molecule has 1 aliphatic carbocycles. The summed E-state index contributed by atoms with van der Waals surface area (Å²) in [5.41, 5.74) is 1.68. The van der Waals surface area contributed by atoms with Gasteiger partial charge >= 0.3 is 0 Å². The molecule has 1 unspecified atom stereocenters. The molecular weight excluding hydrogens is 446 g/mol. The number of amides is 2. The van der Waals surface area contributed by atoms with Gasteiger partial charge in [-0.15, -0.1) is 0 Å².